The highest BCUT2D eigenvalue weighted by atomic mass is 35.5. The smallest absolute Gasteiger partial charge is 0.250 e. The number of benzene rings is 1. The van der Waals surface area contributed by atoms with Crippen LogP contribution in [0.2, 0.25) is 5.02 Å². The zero-order valence-corrected chi connectivity index (χ0v) is 16.0. The van der Waals surface area contributed by atoms with Gasteiger partial charge in [-0.25, -0.2) is 8.42 Å². The molecule has 0 aliphatic heterocycles. The van der Waals surface area contributed by atoms with Gasteiger partial charge in [0, 0.05) is 35.9 Å². The summed E-state index contributed by atoms with van der Waals surface area (Å²) in [6.45, 7) is 4.42. The van der Waals surface area contributed by atoms with E-state index in [9.17, 15) is 13.2 Å². The van der Waals surface area contributed by atoms with E-state index in [0.29, 0.717) is 29.4 Å². The molecule has 1 heterocycles. The molecule has 2 aromatic rings. The summed E-state index contributed by atoms with van der Waals surface area (Å²) in [7, 11) is -2.12. The molecule has 25 heavy (non-hydrogen) atoms. The van der Waals surface area contributed by atoms with E-state index in [4.69, 9.17) is 16.3 Å². The third kappa shape index (κ3) is 4.23. The first-order valence-corrected chi connectivity index (χ1v) is 9.68. The van der Waals surface area contributed by atoms with Crippen LogP contribution in [0, 0.1) is 0 Å². The third-order valence-electron chi connectivity index (χ3n) is 3.88. The number of sulfonamides is 1. The molecule has 1 aromatic heterocycles. The van der Waals surface area contributed by atoms with Gasteiger partial charge in [0.05, 0.1) is 18.6 Å². The van der Waals surface area contributed by atoms with Crippen LogP contribution in [-0.4, -0.2) is 37.5 Å². The van der Waals surface area contributed by atoms with E-state index >= 15 is 0 Å². The third-order valence-corrected chi connectivity index (χ3v) is 6.15. The lowest BCUT2D eigenvalue weighted by Crippen LogP contribution is -2.32. The highest BCUT2D eigenvalue weighted by molar-refractivity contribution is 7.89. The van der Waals surface area contributed by atoms with Crippen LogP contribution in [0.1, 0.15) is 19.4 Å². The first-order valence-electron chi connectivity index (χ1n) is 7.86. The predicted molar refractivity (Wildman–Crippen MR) is 97.9 cm³/mol. The fraction of sp³-hybridized carbons (Fsp3) is 0.353. The van der Waals surface area contributed by atoms with Gasteiger partial charge in [-0.1, -0.05) is 25.4 Å². The van der Waals surface area contributed by atoms with E-state index in [-0.39, 0.29) is 17.0 Å². The molecule has 0 spiro atoms. The average molecular weight is 385 g/mol. The van der Waals surface area contributed by atoms with E-state index in [1.54, 1.807) is 32.0 Å². The molecule has 0 saturated carbocycles. The molecule has 0 aliphatic carbocycles. The maximum absolute atomic E-state index is 12.7. The Morgan fingerprint density at radius 3 is 2.44 bits per heavy atom. The van der Waals surface area contributed by atoms with Gasteiger partial charge < -0.3 is 9.30 Å². The summed E-state index contributed by atoms with van der Waals surface area (Å²) in [5.41, 5.74) is 0.384. The molecule has 0 atom stereocenters. The second-order valence-corrected chi connectivity index (χ2v) is 7.75. The van der Waals surface area contributed by atoms with Gasteiger partial charge >= 0.3 is 0 Å². The number of ether oxygens (including phenoxy) is 1. The van der Waals surface area contributed by atoms with Crippen LogP contribution in [0.25, 0.3) is 0 Å². The van der Waals surface area contributed by atoms with Crippen molar-refractivity contribution in [3.8, 4) is 5.75 Å². The van der Waals surface area contributed by atoms with Crippen LogP contribution in [0.3, 0.4) is 0 Å². The summed E-state index contributed by atoms with van der Waals surface area (Å²) < 4.78 is 33.3. The summed E-state index contributed by atoms with van der Waals surface area (Å²) in [4.78, 5) is 12.3. The highest BCUT2D eigenvalue weighted by Gasteiger charge is 2.22. The van der Waals surface area contributed by atoms with Crippen LogP contribution < -0.4 is 10.3 Å². The Morgan fingerprint density at radius 1 is 1.16 bits per heavy atom. The molecule has 0 saturated heterocycles. The number of aromatic nitrogens is 1. The topological polar surface area (TPSA) is 68.6 Å². The first kappa shape index (κ1) is 19.5. The monoisotopic (exact) mass is 384 g/mol. The Labute approximate surface area is 152 Å². The molecule has 0 radical (unpaired) electrons. The Balaban J connectivity index is 2.48. The van der Waals surface area contributed by atoms with Crippen molar-refractivity contribution in [3.63, 3.8) is 0 Å². The zero-order valence-electron chi connectivity index (χ0n) is 14.4. The van der Waals surface area contributed by atoms with E-state index in [0.717, 1.165) is 0 Å². The van der Waals surface area contributed by atoms with E-state index < -0.39 is 10.0 Å². The minimum atomic E-state index is -3.64. The molecule has 8 heteroatoms. The molecule has 1 aromatic carbocycles. The van der Waals surface area contributed by atoms with Crippen molar-refractivity contribution in [1.82, 2.24) is 8.87 Å². The van der Waals surface area contributed by atoms with Gasteiger partial charge in [0.2, 0.25) is 10.0 Å². The summed E-state index contributed by atoms with van der Waals surface area (Å²) in [5.74, 6) is 0.577. The van der Waals surface area contributed by atoms with Gasteiger partial charge in [0.1, 0.15) is 5.75 Å². The van der Waals surface area contributed by atoms with Gasteiger partial charge in [-0.05, 0) is 24.3 Å². The van der Waals surface area contributed by atoms with Gasteiger partial charge in [-0.3, -0.25) is 4.79 Å². The van der Waals surface area contributed by atoms with E-state index in [2.05, 4.69) is 0 Å². The Kier molecular flexibility index (Phi) is 6.26. The maximum Gasteiger partial charge on any atom is 0.250 e. The van der Waals surface area contributed by atoms with Gasteiger partial charge in [-0.2, -0.15) is 4.31 Å². The van der Waals surface area contributed by atoms with E-state index in [1.165, 1.54) is 34.3 Å². The van der Waals surface area contributed by atoms with Crippen molar-refractivity contribution in [3.05, 3.63) is 57.5 Å². The molecular weight excluding hydrogens is 364 g/mol. The summed E-state index contributed by atoms with van der Waals surface area (Å²) in [6.07, 6.45) is 1.36. The minimum absolute atomic E-state index is 0.0804. The quantitative estimate of drug-likeness (QED) is 0.735. The van der Waals surface area contributed by atoms with Crippen LogP contribution in [-0.2, 0) is 16.6 Å². The van der Waals surface area contributed by atoms with E-state index in [1.807, 2.05) is 0 Å². The van der Waals surface area contributed by atoms with Gasteiger partial charge in [0.15, 0.2) is 0 Å². The number of rotatable bonds is 7. The van der Waals surface area contributed by atoms with Crippen LogP contribution in [0.15, 0.2) is 46.2 Å². The lowest BCUT2D eigenvalue weighted by molar-refractivity contribution is 0.408. The summed E-state index contributed by atoms with van der Waals surface area (Å²) in [5, 5.41) is 0.510. The molecule has 0 aliphatic rings. The Hall–Kier alpha value is -1.83. The van der Waals surface area contributed by atoms with Crippen LogP contribution >= 0.6 is 11.6 Å². The standard InChI is InChI=1S/C17H21ClN2O4S/c1-4-20(5-2)25(22,23)15-7-9-17(21)19(12-15)11-13-10-14(18)6-8-16(13)24-3/h6-10,12H,4-5,11H2,1-3H3. The number of halogens is 1. The Bertz CT molecular complexity index is 905. The second-order valence-electron chi connectivity index (χ2n) is 5.38. The SMILES string of the molecule is CCN(CC)S(=O)(=O)c1ccc(=O)n(Cc2cc(Cl)ccc2OC)c1. The van der Waals surface area contributed by atoms with Crippen molar-refractivity contribution < 1.29 is 13.2 Å². The first-order chi connectivity index (χ1) is 11.8. The molecule has 6 nitrogen and oxygen atoms in total. The molecular formula is C17H21ClN2O4S. The molecule has 0 bridgehead atoms. The fourth-order valence-corrected chi connectivity index (χ4v) is 4.23. The molecule has 2 rings (SSSR count). The number of nitrogens with zero attached hydrogens (tertiary/aromatic N) is 2. The number of methoxy groups -OCH3 is 1. The number of pyridine rings is 1. The van der Waals surface area contributed by atoms with Crippen LogP contribution in [0.5, 0.6) is 5.75 Å². The second kappa shape index (κ2) is 8.03. The molecule has 136 valence electrons. The predicted octanol–water partition coefficient (Wildman–Crippen LogP) is 2.59. The summed E-state index contributed by atoms with van der Waals surface area (Å²) in [6, 6.07) is 7.68. The largest absolute Gasteiger partial charge is 0.496 e. The average Bonchev–Trinajstić information content (AvgIpc) is 2.57. The number of hydrogen-bond donors (Lipinski definition) is 0. The van der Waals surface area contributed by atoms with Crippen molar-refractivity contribution in [2.75, 3.05) is 20.2 Å². The van der Waals surface area contributed by atoms with Crippen molar-refractivity contribution in [2.24, 2.45) is 0 Å². The fourth-order valence-electron chi connectivity index (χ4n) is 2.55. The highest BCUT2D eigenvalue weighted by Crippen LogP contribution is 2.23. The zero-order chi connectivity index (χ0) is 18.6. The van der Waals surface area contributed by atoms with Gasteiger partial charge in [0.25, 0.3) is 5.56 Å². The molecule has 0 amide bonds. The van der Waals surface area contributed by atoms with Crippen LogP contribution in [0.4, 0.5) is 0 Å². The normalized spacial score (nSPS) is 11.7. The van der Waals surface area contributed by atoms with Crippen molar-refractivity contribution >= 4 is 21.6 Å². The summed E-state index contributed by atoms with van der Waals surface area (Å²) >= 11 is 6.02. The molecule has 0 N–H and O–H groups in total. The lowest BCUT2D eigenvalue weighted by atomic mass is 10.2. The molecule has 0 fully saturated rings. The number of hydrogen-bond acceptors (Lipinski definition) is 4. The minimum Gasteiger partial charge on any atom is -0.496 e. The van der Waals surface area contributed by atoms with Gasteiger partial charge in [-0.15, -0.1) is 0 Å². The lowest BCUT2D eigenvalue weighted by Gasteiger charge is -2.19. The van der Waals surface area contributed by atoms with Crippen molar-refractivity contribution in [1.29, 1.82) is 0 Å². The Morgan fingerprint density at radius 2 is 1.84 bits per heavy atom. The van der Waals surface area contributed by atoms with Crippen molar-refractivity contribution in [2.45, 2.75) is 25.3 Å². The maximum atomic E-state index is 12.7. The molecule has 0 unspecified atom stereocenters.